The summed E-state index contributed by atoms with van der Waals surface area (Å²) in [6.07, 6.45) is -7.23. The summed E-state index contributed by atoms with van der Waals surface area (Å²) in [7, 11) is 1.78. The number of aromatic nitrogens is 1. The molecule has 0 spiro atoms. The molecule has 1 unspecified atom stereocenters. The van der Waals surface area contributed by atoms with Crippen molar-refractivity contribution in [1.29, 1.82) is 0 Å². The number of carbonyl (C=O) groups is 2. The van der Waals surface area contributed by atoms with Crippen molar-refractivity contribution in [2.24, 2.45) is 0 Å². The molecule has 2 N–H and O–H groups in total. The number of carboxylic acids is 1. The Labute approximate surface area is 111 Å². The van der Waals surface area contributed by atoms with Gasteiger partial charge in [-0.1, -0.05) is 0 Å². The summed E-state index contributed by atoms with van der Waals surface area (Å²) in [5.41, 5.74) is -1.94. The molecule has 1 atom stereocenters. The Balaban J connectivity index is 3.57. The van der Waals surface area contributed by atoms with Gasteiger partial charge in [0, 0.05) is 12.7 Å². The Bertz CT molecular complexity index is 535. The first kappa shape index (κ1) is 16.0. The molecule has 0 aliphatic carbocycles. The lowest BCUT2D eigenvalue weighted by Crippen LogP contribution is -2.25. The number of hydrogen-bond donors (Lipinski definition) is 2. The minimum Gasteiger partial charge on any atom is -0.477 e. The van der Waals surface area contributed by atoms with E-state index < -0.39 is 41.2 Å². The van der Waals surface area contributed by atoms with Crippen LogP contribution in [-0.2, 0) is 9.47 Å². The van der Waals surface area contributed by atoms with Crippen molar-refractivity contribution in [3.05, 3.63) is 22.5 Å². The molecule has 0 fully saturated rings. The molecule has 0 aromatic carbocycles. The van der Waals surface area contributed by atoms with E-state index >= 15 is 0 Å². The number of ether oxygens (including phenoxy) is 2. The molecule has 20 heavy (non-hydrogen) atoms. The molecular formula is C11H12F3NO5. The Morgan fingerprint density at radius 2 is 1.80 bits per heavy atom. The van der Waals surface area contributed by atoms with Crippen molar-refractivity contribution in [3.8, 4) is 0 Å². The topological polar surface area (TPSA) is 88.6 Å². The fourth-order valence-corrected chi connectivity index (χ4v) is 1.83. The molecule has 6 nitrogen and oxygen atoms in total. The van der Waals surface area contributed by atoms with Crippen LogP contribution in [0.4, 0.5) is 13.2 Å². The molecule has 0 bridgehead atoms. The van der Waals surface area contributed by atoms with Crippen molar-refractivity contribution >= 4 is 11.9 Å². The largest absolute Gasteiger partial charge is 0.477 e. The predicted molar refractivity (Wildman–Crippen MR) is 59.6 cm³/mol. The minimum atomic E-state index is -4.81. The maximum Gasteiger partial charge on any atom is 0.418 e. The summed E-state index contributed by atoms with van der Waals surface area (Å²) >= 11 is 0. The molecule has 0 aliphatic rings. The summed E-state index contributed by atoms with van der Waals surface area (Å²) in [6.45, 7) is 1.15. The highest BCUT2D eigenvalue weighted by Gasteiger charge is 2.45. The maximum atomic E-state index is 12.9. The van der Waals surface area contributed by atoms with Crippen LogP contribution in [0.5, 0.6) is 0 Å². The second kappa shape index (κ2) is 5.53. The number of methoxy groups -OCH3 is 2. The zero-order valence-corrected chi connectivity index (χ0v) is 10.8. The second-order valence-electron chi connectivity index (χ2n) is 3.87. The Morgan fingerprint density at radius 1 is 1.25 bits per heavy atom. The number of H-pyrrole nitrogens is 1. The molecule has 1 rings (SSSR count). The van der Waals surface area contributed by atoms with E-state index in [4.69, 9.17) is 5.11 Å². The van der Waals surface area contributed by atoms with Crippen LogP contribution in [-0.4, -0.2) is 42.4 Å². The number of halogens is 3. The van der Waals surface area contributed by atoms with Gasteiger partial charge in [0.15, 0.2) is 6.10 Å². The first-order valence-corrected chi connectivity index (χ1v) is 5.28. The van der Waals surface area contributed by atoms with Crippen molar-refractivity contribution < 1.29 is 37.3 Å². The third-order valence-electron chi connectivity index (χ3n) is 2.70. The van der Waals surface area contributed by atoms with E-state index in [2.05, 4.69) is 14.5 Å². The van der Waals surface area contributed by atoms with Crippen LogP contribution >= 0.6 is 0 Å². The van der Waals surface area contributed by atoms with E-state index in [1.165, 1.54) is 0 Å². The van der Waals surface area contributed by atoms with Gasteiger partial charge in [0.25, 0.3) is 0 Å². The van der Waals surface area contributed by atoms with Gasteiger partial charge in [-0.15, -0.1) is 0 Å². The fourth-order valence-electron chi connectivity index (χ4n) is 1.83. The van der Waals surface area contributed by atoms with Gasteiger partial charge in [-0.25, -0.2) is 9.59 Å². The number of hydrogen-bond acceptors (Lipinski definition) is 4. The van der Waals surface area contributed by atoms with E-state index in [0.29, 0.717) is 0 Å². The van der Waals surface area contributed by atoms with Gasteiger partial charge in [-0.05, 0) is 12.5 Å². The number of rotatable bonds is 4. The van der Waals surface area contributed by atoms with Gasteiger partial charge in [0.2, 0.25) is 0 Å². The standard InChI is InChI=1S/C11H12F3NO5/c1-4-5(8(19-2)11(12,13)14)7(10(18)20-3)15-6(4)9(16)17/h8,15H,1-3H3,(H,16,17). The summed E-state index contributed by atoms with van der Waals surface area (Å²) in [6, 6.07) is 0. The minimum absolute atomic E-state index is 0.234. The number of esters is 1. The first-order valence-electron chi connectivity index (χ1n) is 5.28. The lowest BCUT2D eigenvalue weighted by molar-refractivity contribution is -0.216. The number of nitrogens with one attached hydrogen (secondary N) is 1. The van der Waals surface area contributed by atoms with Crippen molar-refractivity contribution in [2.75, 3.05) is 14.2 Å². The zero-order valence-electron chi connectivity index (χ0n) is 10.8. The molecular weight excluding hydrogens is 283 g/mol. The monoisotopic (exact) mass is 295 g/mol. The van der Waals surface area contributed by atoms with Crippen LogP contribution in [0.2, 0.25) is 0 Å². The number of carbonyl (C=O) groups excluding carboxylic acids is 1. The second-order valence-corrected chi connectivity index (χ2v) is 3.87. The van der Waals surface area contributed by atoms with Gasteiger partial charge in [-0.3, -0.25) is 0 Å². The molecule has 1 aromatic rings. The molecule has 0 saturated heterocycles. The predicted octanol–water partition coefficient (Wildman–Crippen LogP) is 2.06. The summed E-state index contributed by atoms with van der Waals surface area (Å²) in [5, 5.41) is 8.91. The highest BCUT2D eigenvalue weighted by Crippen LogP contribution is 2.39. The van der Waals surface area contributed by atoms with Crippen LogP contribution in [0.25, 0.3) is 0 Å². The van der Waals surface area contributed by atoms with Gasteiger partial charge in [-0.2, -0.15) is 13.2 Å². The Hall–Kier alpha value is -2.03. The Morgan fingerprint density at radius 3 is 2.15 bits per heavy atom. The summed E-state index contributed by atoms with van der Waals surface area (Å²) < 4.78 is 47.4. The zero-order chi connectivity index (χ0) is 15.7. The lowest BCUT2D eigenvalue weighted by atomic mass is 10.0. The first-order chi connectivity index (χ1) is 9.15. The summed E-state index contributed by atoms with van der Waals surface area (Å²) in [5.74, 6) is -2.60. The van der Waals surface area contributed by atoms with Gasteiger partial charge in [0.05, 0.1) is 7.11 Å². The fraction of sp³-hybridized carbons (Fsp3) is 0.455. The van der Waals surface area contributed by atoms with E-state index in [0.717, 1.165) is 21.1 Å². The number of alkyl halides is 3. The molecule has 0 saturated carbocycles. The van der Waals surface area contributed by atoms with Crippen LogP contribution < -0.4 is 0 Å². The number of aromatic amines is 1. The van der Waals surface area contributed by atoms with E-state index in [1.54, 1.807) is 0 Å². The highest BCUT2D eigenvalue weighted by atomic mass is 19.4. The lowest BCUT2D eigenvalue weighted by Gasteiger charge is -2.19. The maximum absolute atomic E-state index is 12.9. The van der Waals surface area contributed by atoms with Crippen LogP contribution in [0, 0.1) is 6.92 Å². The van der Waals surface area contributed by atoms with Crippen molar-refractivity contribution in [1.82, 2.24) is 4.98 Å². The molecule has 1 aromatic heterocycles. The van der Waals surface area contributed by atoms with E-state index in [9.17, 15) is 22.8 Å². The van der Waals surface area contributed by atoms with E-state index in [1.807, 2.05) is 0 Å². The van der Waals surface area contributed by atoms with Crippen LogP contribution in [0.3, 0.4) is 0 Å². The molecule has 9 heteroatoms. The van der Waals surface area contributed by atoms with E-state index in [-0.39, 0.29) is 5.56 Å². The molecule has 112 valence electrons. The highest BCUT2D eigenvalue weighted by molar-refractivity contribution is 5.95. The smallest absolute Gasteiger partial charge is 0.418 e. The van der Waals surface area contributed by atoms with Crippen LogP contribution in [0.15, 0.2) is 0 Å². The molecule has 0 aliphatic heterocycles. The molecule has 0 amide bonds. The van der Waals surface area contributed by atoms with Gasteiger partial charge in [0.1, 0.15) is 11.4 Å². The van der Waals surface area contributed by atoms with Crippen LogP contribution in [0.1, 0.15) is 38.2 Å². The quantitative estimate of drug-likeness (QED) is 0.830. The van der Waals surface area contributed by atoms with Gasteiger partial charge >= 0.3 is 18.1 Å². The number of carboxylic acid groups (broad SMARTS) is 1. The molecule has 0 radical (unpaired) electrons. The normalized spacial score (nSPS) is 13.1. The third kappa shape index (κ3) is 2.77. The molecule has 1 heterocycles. The van der Waals surface area contributed by atoms with Crippen molar-refractivity contribution in [3.63, 3.8) is 0 Å². The van der Waals surface area contributed by atoms with Gasteiger partial charge < -0.3 is 19.6 Å². The average molecular weight is 295 g/mol. The Kier molecular flexibility index (Phi) is 4.43. The summed E-state index contributed by atoms with van der Waals surface area (Å²) in [4.78, 5) is 24.6. The number of aromatic carboxylic acids is 1. The SMILES string of the molecule is COC(=O)c1[nH]c(C(=O)O)c(C)c1C(OC)C(F)(F)F. The average Bonchev–Trinajstić information content (AvgIpc) is 2.66. The third-order valence-corrected chi connectivity index (χ3v) is 2.70. The van der Waals surface area contributed by atoms with Crippen molar-refractivity contribution in [2.45, 2.75) is 19.2 Å².